The van der Waals surface area contributed by atoms with Crippen LogP contribution in [0.4, 0.5) is 4.39 Å². The van der Waals surface area contributed by atoms with Gasteiger partial charge < -0.3 is 10.2 Å². The number of fused-ring (bicyclic) bond motifs is 1. The van der Waals surface area contributed by atoms with Gasteiger partial charge in [0.2, 0.25) is 5.91 Å². The fraction of sp³-hybridized carbons (Fsp3) is 0.333. The van der Waals surface area contributed by atoms with E-state index in [-0.39, 0.29) is 18.0 Å². The van der Waals surface area contributed by atoms with Gasteiger partial charge in [-0.05, 0) is 37.6 Å². The molecule has 2 amide bonds. The topological polar surface area (TPSA) is 86.1 Å². The Labute approximate surface area is 145 Å². The number of carbonyl (C=O) groups is 2. The number of nitrogens with zero attached hydrogens (tertiary/aromatic N) is 3. The molecule has 0 aliphatic carbocycles. The van der Waals surface area contributed by atoms with E-state index in [2.05, 4.69) is 16.4 Å². The SMILES string of the molecule is CCC(C#N)N(CC)C(=O)CNC(=O)c1ccnc2ccc(F)cc12. The Hall–Kier alpha value is -3.01. The highest BCUT2D eigenvalue weighted by molar-refractivity contribution is 6.06. The van der Waals surface area contributed by atoms with Crippen molar-refractivity contribution in [2.45, 2.75) is 26.3 Å². The van der Waals surface area contributed by atoms with Gasteiger partial charge in [-0.15, -0.1) is 0 Å². The zero-order valence-corrected chi connectivity index (χ0v) is 14.1. The first kappa shape index (κ1) is 18.3. The molecule has 130 valence electrons. The van der Waals surface area contributed by atoms with Gasteiger partial charge in [0.25, 0.3) is 5.91 Å². The Kier molecular flexibility index (Phi) is 6.01. The zero-order valence-electron chi connectivity index (χ0n) is 14.1. The Bertz CT molecular complexity index is 831. The molecule has 25 heavy (non-hydrogen) atoms. The molecule has 0 bridgehead atoms. The molecule has 1 aromatic heterocycles. The molecule has 0 aliphatic heterocycles. The lowest BCUT2D eigenvalue weighted by molar-refractivity contribution is -0.131. The monoisotopic (exact) mass is 342 g/mol. The van der Waals surface area contributed by atoms with Crippen molar-refractivity contribution in [1.82, 2.24) is 15.2 Å². The second kappa shape index (κ2) is 8.20. The van der Waals surface area contributed by atoms with Crippen LogP contribution < -0.4 is 5.32 Å². The smallest absolute Gasteiger partial charge is 0.252 e. The quantitative estimate of drug-likeness (QED) is 0.872. The number of hydrogen-bond donors (Lipinski definition) is 1. The van der Waals surface area contributed by atoms with E-state index in [1.165, 1.54) is 35.4 Å². The van der Waals surface area contributed by atoms with Crippen LogP contribution in [0.15, 0.2) is 30.5 Å². The van der Waals surface area contributed by atoms with Gasteiger partial charge in [0.1, 0.15) is 11.9 Å². The van der Waals surface area contributed by atoms with Gasteiger partial charge in [-0.25, -0.2) is 4.39 Å². The number of pyridine rings is 1. The number of nitrogens with one attached hydrogen (secondary N) is 1. The summed E-state index contributed by atoms with van der Waals surface area (Å²) in [7, 11) is 0. The number of amides is 2. The molecule has 6 nitrogen and oxygen atoms in total. The fourth-order valence-electron chi connectivity index (χ4n) is 2.62. The first-order valence-corrected chi connectivity index (χ1v) is 8.03. The highest BCUT2D eigenvalue weighted by atomic mass is 19.1. The number of nitriles is 1. The molecule has 2 rings (SSSR count). The average molecular weight is 342 g/mol. The molecule has 0 fully saturated rings. The minimum atomic E-state index is -0.523. The summed E-state index contributed by atoms with van der Waals surface area (Å²) in [5, 5.41) is 12.0. The Balaban J connectivity index is 2.14. The van der Waals surface area contributed by atoms with E-state index < -0.39 is 17.8 Å². The van der Waals surface area contributed by atoms with Crippen molar-refractivity contribution in [3.8, 4) is 6.07 Å². The number of carbonyl (C=O) groups excluding carboxylic acids is 2. The van der Waals surface area contributed by atoms with E-state index >= 15 is 0 Å². The molecule has 1 heterocycles. The maximum atomic E-state index is 13.5. The van der Waals surface area contributed by atoms with E-state index in [1.54, 1.807) is 6.92 Å². The normalized spacial score (nSPS) is 11.6. The lowest BCUT2D eigenvalue weighted by atomic mass is 10.1. The summed E-state index contributed by atoms with van der Waals surface area (Å²) in [5.74, 6) is -1.30. The van der Waals surface area contributed by atoms with E-state index in [9.17, 15) is 14.0 Å². The molecule has 0 saturated carbocycles. The predicted octanol–water partition coefficient (Wildman–Crippen LogP) is 2.25. The highest BCUT2D eigenvalue weighted by Crippen LogP contribution is 2.17. The summed E-state index contributed by atoms with van der Waals surface area (Å²) in [6.07, 6.45) is 1.97. The number of likely N-dealkylation sites (N-methyl/N-ethyl adjacent to an activating group) is 1. The van der Waals surface area contributed by atoms with Crippen molar-refractivity contribution in [3.05, 3.63) is 41.8 Å². The highest BCUT2D eigenvalue weighted by Gasteiger charge is 2.21. The summed E-state index contributed by atoms with van der Waals surface area (Å²) in [4.78, 5) is 30.2. The van der Waals surface area contributed by atoms with E-state index in [1.807, 2.05) is 6.92 Å². The molecule has 1 atom stereocenters. The lowest BCUT2D eigenvalue weighted by Gasteiger charge is -2.25. The van der Waals surface area contributed by atoms with Gasteiger partial charge >= 0.3 is 0 Å². The summed E-state index contributed by atoms with van der Waals surface area (Å²) in [6, 6.07) is 7.03. The van der Waals surface area contributed by atoms with E-state index in [0.717, 1.165) is 0 Å². The molecule has 1 aromatic carbocycles. The lowest BCUT2D eigenvalue weighted by Crippen LogP contribution is -2.44. The van der Waals surface area contributed by atoms with E-state index in [4.69, 9.17) is 5.26 Å². The molecular formula is C18H19FN4O2. The second-order valence-corrected chi connectivity index (χ2v) is 5.44. The zero-order chi connectivity index (χ0) is 18.4. The second-order valence-electron chi connectivity index (χ2n) is 5.44. The molecular weight excluding hydrogens is 323 g/mol. The van der Waals surface area contributed by atoms with Gasteiger partial charge in [-0.2, -0.15) is 5.26 Å². The van der Waals surface area contributed by atoms with Crippen LogP contribution in [0, 0.1) is 17.1 Å². The van der Waals surface area contributed by atoms with Crippen LogP contribution in [0.5, 0.6) is 0 Å². The molecule has 0 aliphatic rings. The van der Waals surface area contributed by atoms with Crippen LogP contribution in [0.2, 0.25) is 0 Å². The molecule has 2 aromatic rings. The number of hydrogen-bond acceptors (Lipinski definition) is 4. The van der Waals surface area contributed by atoms with Gasteiger partial charge in [-0.3, -0.25) is 14.6 Å². The number of aromatic nitrogens is 1. The Morgan fingerprint density at radius 2 is 2.12 bits per heavy atom. The Morgan fingerprint density at radius 1 is 1.36 bits per heavy atom. The van der Waals surface area contributed by atoms with Crippen molar-refractivity contribution in [3.63, 3.8) is 0 Å². The maximum Gasteiger partial charge on any atom is 0.252 e. The van der Waals surface area contributed by atoms with Crippen molar-refractivity contribution in [1.29, 1.82) is 5.26 Å². The molecule has 0 saturated heterocycles. The van der Waals surface area contributed by atoms with Crippen LogP contribution in [0.3, 0.4) is 0 Å². The molecule has 7 heteroatoms. The van der Waals surface area contributed by atoms with Crippen molar-refractivity contribution in [2.75, 3.05) is 13.1 Å². The van der Waals surface area contributed by atoms with E-state index in [0.29, 0.717) is 23.9 Å². The number of halogens is 1. The van der Waals surface area contributed by atoms with Gasteiger partial charge in [0.15, 0.2) is 0 Å². The molecule has 0 radical (unpaired) electrons. The molecule has 1 unspecified atom stereocenters. The fourth-order valence-corrected chi connectivity index (χ4v) is 2.62. The predicted molar refractivity (Wildman–Crippen MR) is 91.1 cm³/mol. The first-order chi connectivity index (χ1) is 12.0. The standard InChI is InChI=1S/C18H19FN4O2/c1-3-13(10-20)23(4-2)17(24)11-22-18(25)14-7-8-21-16-6-5-12(19)9-15(14)16/h5-9,13H,3-4,11H2,1-2H3,(H,22,25). The summed E-state index contributed by atoms with van der Waals surface area (Å²) >= 11 is 0. The van der Waals surface area contributed by atoms with Crippen LogP contribution in [-0.4, -0.2) is 40.8 Å². The third kappa shape index (κ3) is 4.10. The van der Waals surface area contributed by atoms with Gasteiger partial charge in [-0.1, -0.05) is 6.92 Å². The van der Waals surface area contributed by atoms with Crippen LogP contribution >= 0.6 is 0 Å². The summed E-state index contributed by atoms with van der Waals surface area (Å²) < 4.78 is 13.5. The minimum absolute atomic E-state index is 0.232. The van der Waals surface area contributed by atoms with Crippen LogP contribution in [0.1, 0.15) is 30.6 Å². The van der Waals surface area contributed by atoms with Gasteiger partial charge in [0.05, 0.1) is 23.7 Å². The average Bonchev–Trinajstić information content (AvgIpc) is 2.63. The van der Waals surface area contributed by atoms with Crippen molar-refractivity contribution >= 4 is 22.7 Å². The van der Waals surface area contributed by atoms with Crippen molar-refractivity contribution in [2.24, 2.45) is 0 Å². The maximum absolute atomic E-state index is 13.5. The summed E-state index contributed by atoms with van der Waals surface area (Å²) in [5.41, 5.74) is 0.735. The summed E-state index contributed by atoms with van der Waals surface area (Å²) in [6.45, 7) is 3.74. The third-order valence-electron chi connectivity index (χ3n) is 3.92. The first-order valence-electron chi connectivity index (χ1n) is 8.03. The van der Waals surface area contributed by atoms with Crippen LogP contribution in [-0.2, 0) is 4.79 Å². The number of benzene rings is 1. The van der Waals surface area contributed by atoms with Gasteiger partial charge in [0, 0.05) is 18.1 Å². The third-order valence-corrected chi connectivity index (χ3v) is 3.92. The van der Waals surface area contributed by atoms with Crippen molar-refractivity contribution < 1.29 is 14.0 Å². The largest absolute Gasteiger partial charge is 0.343 e. The van der Waals surface area contributed by atoms with Crippen LogP contribution in [0.25, 0.3) is 10.9 Å². The molecule has 0 spiro atoms. The molecule has 1 N–H and O–H groups in total. The number of rotatable bonds is 6. The Morgan fingerprint density at radius 3 is 2.76 bits per heavy atom. The minimum Gasteiger partial charge on any atom is -0.343 e.